The first kappa shape index (κ1) is 16.5. The van der Waals surface area contributed by atoms with Gasteiger partial charge in [-0.2, -0.15) is 13.2 Å². The highest BCUT2D eigenvalue weighted by Gasteiger charge is 2.39. The van der Waals surface area contributed by atoms with Gasteiger partial charge in [0, 0.05) is 18.0 Å². The molecule has 1 aliphatic carbocycles. The van der Waals surface area contributed by atoms with Crippen LogP contribution in [0.25, 0.3) is 0 Å². The van der Waals surface area contributed by atoms with Crippen LogP contribution in [0, 0.1) is 6.92 Å². The van der Waals surface area contributed by atoms with Crippen LogP contribution < -0.4 is 5.32 Å². The van der Waals surface area contributed by atoms with E-state index in [1.807, 2.05) is 0 Å². The molecule has 1 N–H and O–H groups in total. The van der Waals surface area contributed by atoms with Crippen molar-refractivity contribution >= 4 is 5.91 Å². The zero-order valence-corrected chi connectivity index (χ0v) is 13.1. The third-order valence-electron chi connectivity index (χ3n) is 4.35. The average Bonchev–Trinajstić information content (AvgIpc) is 3.15. The zero-order chi connectivity index (χ0) is 17.3. The summed E-state index contributed by atoms with van der Waals surface area (Å²) in [6, 6.07) is 6.71. The number of alkyl halides is 3. The minimum Gasteiger partial charge on any atom is -0.351 e. The number of aromatic nitrogens is 1. The Morgan fingerprint density at radius 1 is 1.29 bits per heavy atom. The number of hydrogen-bond donors (Lipinski definition) is 1. The Kier molecular flexibility index (Phi) is 4.34. The SMILES string of the molecule is Cc1cc(C(=O)NC2CCCC2c2ccccc2C(F)(F)F)on1. The molecule has 0 radical (unpaired) electrons. The molecule has 1 saturated carbocycles. The second-order valence-corrected chi connectivity index (χ2v) is 6.03. The maximum atomic E-state index is 13.2. The number of rotatable bonds is 3. The number of nitrogens with zero attached hydrogens (tertiary/aromatic N) is 1. The second-order valence-electron chi connectivity index (χ2n) is 6.03. The number of nitrogens with one attached hydrogen (secondary N) is 1. The van der Waals surface area contributed by atoms with Crippen molar-refractivity contribution in [2.24, 2.45) is 0 Å². The minimum atomic E-state index is -4.41. The van der Waals surface area contributed by atoms with Crippen molar-refractivity contribution in [3.05, 3.63) is 52.9 Å². The van der Waals surface area contributed by atoms with Crippen molar-refractivity contribution < 1.29 is 22.5 Å². The fraction of sp³-hybridized carbons (Fsp3) is 0.412. The Morgan fingerprint density at radius 2 is 2.04 bits per heavy atom. The van der Waals surface area contributed by atoms with Crippen LogP contribution in [-0.4, -0.2) is 17.1 Å². The van der Waals surface area contributed by atoms with Gasteiger partial charge in [-0.25, -0.2) is 0 Å². The van der Waals surface area contributed by atoms with Gasteiger partial charge in [-0.1, -0.05) is 29.8 Å². The molecule has 0 bridgehead atoms. The highest BCUT2D eigenvalue weighted by Crippen LogP contribution is 2.41. The van der Waals surface area contributed by atoms with E-state index in [2.05, 4.69) is 10.5 Å². The second kappa shape index (κ2) is 6.30. The molecule has 128 valence electrons. The molecule has 1 aromatic carbocycles. The summed E-state index contributed by atoms with van der Waals surface area (Å²) >= 11 is 0. The van der Waals surface area contributed by atoms with Crippen molar-refractivity contribution in [3.63, 3.8) is 0 Å². The Labute approximate surface area is 137 Å². The third-order valence-corrected chi connectivity index (χ3v) is 4.35. The minimum absolute atomic E-state index is 0.0715. The number of carbonyl (C=O) groups excluding carboxylic acids is 1. The summed E-state index contributed by atoms with van der Waals surface area (Å²) in [5, 5.41) is 6.45. The summed E-state index contributed by atoms with van der Waals surface area (Å²) in [5.74, 6) is -0.741. The first-order chi connectivity index (χ1) is 11.4. The highest BCUT2D eigenvalue weighted by atomic mass is 19.4. The van der Waals surface area contributed by atoms with Gasteiger partial charge in [-0.3, -0.25) is 4.79 Å². The lowest BCUT2D eigenvalue weighted by Crippen LogP contribution is -2.36. The highest BCUT2D eigenvalue weighted by molar-refractivity contribution is 5.91. The lowest BCUT2D eigenvalue weighted by Gasteiger charge is -2.24. The van der Waals surface area contributed by atoms with Crippen molar-refractivity contribution in [2.45, 2.75) is 44.3 Å². The van der Waals surface area contributed by atoms with E-state index in [0.717, 1.165) is 12.5 Å². The maximum absolute atomic E-state index is 13.2. The van der Waals surface area contributed by atoms with E-state index < -0.39 is 17.6 Å². The van der Waals surface area contributed by atoms with Crippen LogP contribution >= 0.6 is 0 Å². The van der Waals surface area contributed by atoms with Crippen LogP contribution in [0.2, 0.25) is 0 Å². The van der Waals surface area contributed by atoms with Crippen LogP contribution in [0.4, 0.5) is 13.2 Å². The van der Waals surface area contributed by atoms with E-state index in [1.165, 1.54) is 18.2 Å². The lowest BCUT2D eigenvalue weighted by molar-refractivity contribution is -0.138. The van der Waals surface area contributed by atoms with Crippen LogP contribution in [0.15, 0.2) is 34.9 Å². The molecule has 2 unspecified atom stereocenters. The first-order valence-electron chi connectivity index (χ1n) is 7.76. The summed E-state index contributed by atoms with van der Waals surface area (Å²) in [4.78, 5) is 12.2. The van der Waals surface area contributed by atoms with Gasteiger partial charge in [0.05, 0.1) is 11.3 Å². The van der Waals surface area contributed by atoms with Gasteiger partial charge >= 0.3 is 6.18 Å². The topological polar surface area (TPSA) is 55.1 Å². The number of halogens is 3. The van der Waals surface area contributed by atoms with Crippen molar-refractivity contribution in [1.29, 1.82) is 0 Å². The fourth-order valence-corrected chi connectivity index (χ4v) is 3.29. The smallest absolute Gasteiger partial charge is 0.351 e. The molecule has 2 aromatic rings. The largest absolute Gasteiger partial charge is 0.416 e. The molecule has 24 heavy (non-hydrogen) atoms. The number of aryl methyl sites for hydroxylation is 1. The molecule has 1 aliphatic rings. The van der Waals surface area contributed by atoms with Gasteiger partial charge in [-0.05, 0) is 31.4 Å². The van der Waals surface area contributed by atoms with E-state index >= 15 is 0 Å². The van der Waals surface area contributed by atoms with Crippen molar-refractivity contribution in [2.75, 3.05) is 0 Å². The summed E-state index contributed by atoms with van der Waals surface area (Å²) in [7, 11) is 0. The molecule has 4 nitrogen and oxygen atoms in total. The Morgan fingerprint density at radius 3 is 2.71 bits per heavy atom. The zero-order valence-electron chi connectivity index (χ0n) is 13.1. The summed E-state index contributed by atoms with van der Waals surface area (Å²) in [6.07, 6.45) is -2.41. The molecule has 0 aliphatic heterocycles. The van der Waals surface area contributed by atoms with E-state index in [0.29, 0.717) is 18.5 Å². The van der Waals surface area contributed by atoms with Gasteiger partial charge in [0.2, 0.25) is 5.76 Å². The van der Waals surface area contributed by atoms with Crippen LogP contribution in [0.1, 0.15) is 52.6 Å². The van der Waals surface area contributed by atoms with Crippen LogP contribution in [0.3, 0.4) is 0 Å². The van der Waals surface area contributed by atoms with Gasteiger partial charge in [0.15, 0.2) is 0 Å². The van der Waals surface area contributed by atoms with Gasteiger partial charge in [0.1, 0.15) is 0 Å². The molecule has 1 fully saturated rings. The van der Waals surface area contributed by atoms with E-state index in [-0.39, 0.29) is 23.3 Å². The van der Waals surface area contributed by atoms with E-state index in [4.69, 9.17) is 4.52 Å². The average molecular weight is 338 g/mol. The predicted molar refractivity (Wildman–Crippen MR) is 80.5 cm³/mol. The van der Waals surface area contributed by atoms with E-state index in [9.17, 15) is 18.0 Å². The summed E-state index contributed by atoms with van der Waals surface area (Å²) in [6.45, 7) is 1.69. The molecule has 3 rings (SSSR count). The number of carbonyl (C=O) groups is 1. The molecule has 7 heteroatoms. The summed E-state index contributed by atoms with van der Waals surface area (Å²) in [5.41, 5.74) is 0.179. The summed E-state index contributed by atoms with van der Waals surface area (Å²) < 4.78 is 44.7. The van der Waals surface area contributed by atoms with Gasteiger partial charge in [-0.15, -0.1) is 0 Å². The molecule has 1 heterocycles. The van der Waals surface area contributed by atoms with E-state index in [1.54, 1.807) is 13.0 Å². The number of hydrogen-bond acceptors (Lipinski definition) is 3. The lowest BCUT2D eigenvalue weighted by atomic mass is 9.89. The predicted octanol–water partition coefficient (Wildman–Crippen LogP) is 4.07. The standard InChI is InChI=1S/C17H17F3N2O2/c1-10-9-15(24-22-10)16(23)21-14-8-4-6-12(14)11-5-2-3-7-13(11)17(18,19)20/h2-3,5,7,9,12,14H,4,6,8H2,1H3,(H,21,23). The normalized spacial score (nSPS) is 21.0. The van der Waals surface area contributed by atoms with Crippen LogP contribution in [0.5, 0.6) is 0 Å². The molecule has 1 aromatic heterocycles. The molecular formula is C17H17F3N2O2. The number of amides is 1. The Hall–Kier alpha value is -2.31. The maximum Gasteiger partial charge on any atom is 0.416 e. The monoisotopic (exact) mass is 338 g/mol. The first-order valence-corrected chi connectivity index (χ1v) is 7.76. The van der Waals surface area contributed by atoms with Crippen molar-refractivity contribution in [3.8, 4) is 0 Å². The quantitative estimate of drug-likeness (QED) is 0.918. The Balaban J connectivity index is 1.83. The molecular weight excluding hydrogens is 321 g/mol. The van der Waals surface area contributed by atoms with Gasteiger partial charge < -0.3 is 9.84 Å². The van der Waals surface area contributed by atoms with Crippen molar-refractivity contribution in [1.82, 2.24) is 10.5 Å². The molecule has 0 spiro atoms. The molecule has 2 atom stereocenters. The van der Waals surface area contributed by atoms with Gasteiger partial charge in [0.25, 0.3) is 5.91 Å². The fourth-order valence-electron chi connectivity index (χ4n) is 3.29. The van der Waals surface area contributed by atoms with Crippen LogP contribution in [-0.2, 0) is 6.18 Å². The third kappa shape index (κ3) is 3.29. The molecule has 0 saturated heterocycles. The Bertz CT molecular complexity index is 739. The number of benzene rings is 1. The molecule has 1 amide bonds.